The number of nitriles is 1. The SMILES string of the molecule is CC1CCN(c2nc(-c3cn(CCC#N)c4ccccc34)cs2)CC1. The van der Waals surface area contributed by atoms with E-state index in [1.165, 1.54) is 29.3 Å². The molecule has 5 heteroatoms. The molecule has 3 heterocycles. The van der Waals surface area contributed by atoms with Gasteiger partial charge in [0.1, 0.15) is 0 Å². The lowest BCUT2D eigenvalue weighted by Crippen LogP contribution is -2.32. The average Bonchev–Trinajstić information content (AvgIpc) is 3.25. The lowest BCUT2D eigenvalue weighted by molar-refractivity contribution is 0.438. The van der Waals surface area contributed by atoms with E-state index in [4.69, 9.17) is 10.2 Å². The topological polar surface area (TPSA) is 44.9 Å². The maximum atomic E-state index is 8.91. The monoisotopic (exact) mass is 350 g/mol. The number of anilines is 1. The van der Waals surface area contributed by atoms with E-state index in [9.17, 15) is 0 Å². The predicted molar refractivity (Wildman–Crippen MR) is 104 cm³/mol. The summed E-state index contributed by atoms with van der Waals surface area (Å²) in [6, 6.07) is 10.6. The van der Waals surface area contributed by atoms with Gasteiger partial charge in [-0.25, -0.2) is 4.98 Å². The number of hydrogen-bond acceptors (Lipinski definition) is 4. The highest BCUT2D eigenvalue weighted by molar-refractivity contribution is 7.14. The number of rotatable bonds is 4. The first-order chi connectivity index (χ1) is 12.3. The van der Waals surface area contributed by atoms with Crippen molar-refractivity contribution in [3.63, 3.8) is 0 Å². The first-order valence-electron chi connectivity index (χ1n) is 8.92. The fourth-order valence-corrected chi connectivity index (χ4v) is 4.42. The molecule has 0 aliphatic carbocycles. The zero-order valence-electron chi connectivity index (χ0n) is 14.5. The summed E-state index contributed by atoms with van der Waals surface area (Å²) in [5.74, 6) is 0.828. The standard InChI is InChI=1S/C20H22N4S/c1-15-7-11-23(12-8-15)20-22-18(14-25-20)17-13-24(10-4-9-21)19-6-3-2-5-16(17)19/h2-3,5-6,13-15H,4,7-8,10-12H2,1H3. The molecule has 4 nitrogen and oxygen atoms in total. The van der Waals surface area contributed by atoms with Crippen molar-refractivity contribution < 1.29 is 0 Å². The first kappa shape index (κ1) is 16.2. The maximum Gasteiger partial charge on any atom is 0.185 e. The second-order valence-corrected chi connectivity index (χ2v) is 7.68. The van der Waals surface area contributed by atoms with Crippen LogP contribution in [-0.4, -0.2) is 22.6 Å². The van der Waals surface area contributed by atoms with Crippen molar-refractivity contribution in [2.45, 2.75) is 32.7 Å². The minimum atomic E-state index is 0.520. The van der Waals surface area contributed by atoms with Gasteiger partial charge in [-0.15, -0.1) is 11.3 Å². The van der Waals surface area contributed by atoms with E-state index >= 15 is 0 Å². The summed E-state index contributed by atoms with van der Waals surface area (Å²) in [6.07, 6.45) is 5.18. The number of benzene rings is 1. The van der Waals surface area contributed by atoms with Crippen LogP contribution in [0.15, 0.2) is 35.8 Å². The molecule has 1 aliphatic heterocycles. The van der Waals surface area contributed by atoms with Crippen molar-refractivity contribution in [3.05, 3.63) is 35.8 Å². The highest BCUT2D eigenvalue weighted by Crippen LogP contribution is 2.34. The van der Waals surface area contributed by atoms with E-state index in [0.29, 0.717) is 6.42 Å². The highest BCUT2D eigenvalue weighted by Gasteiger charge is 2.20. The zero-order valence-corrected chi connectivity index (χ0v) is 15.3. The van der Waals surface area contributed by atoms with Crippen molar-refractivity contribution in [3.8, 4) is 17.3 Å². The van der Waals surface area contributed by atoms with Crippen LogP contribution >= 0.6 is 11.3 Å². The Morgan fingerprint density at radius 2 is 2.08 bits per heavy atom. The van der Waals surface area contributed by atoms with E-state index in [2.05, 4.69) is 58.3 Å². The number of aromatic nitrogens is 2. The van der Waals surface area contributed by atoms with Gasteiger partial charge in [0.25, 0.3) is 0 Å². The van der Waals surface area contributed by atoms with Crippen molar-refractivity contribution in [2.24, 2.45) is 5.92 Å². The molecule has 4 rings (SSSR count). The van der Waals surface area contributed by atoms with Gasteiger partial charge >= 0.3 is 0 Å². The molecule has 0 atom stereocenters. The molecule has 0 bridgehead atoms. The lowest BCUT2D eigenvalue weighted by Gasteiger charge is -2.29. The van der Waals surface area contributed by atoms with Crippen molar-refractivity contribution in [2.75, 3.05) is 18.0 Å². The zero-order chi connectivity index (χ0) is 17.2. The summed E-state index contributed by atoms with van der Waals surface area (Å²) in [4.78, 5) is 7.36. The Morgan fingerprint density at radius 3 is 2.88 bits per heavy atom. The van der Waals surface area contributed by atoms with Gasteiger partial charge in [-0.2, -0.15) is 5.26 Å². The molecule has 1 aromatic carbocycles. The normalized spacial score (nSPS) is 15.6. The minimum absolute atomic E-state index is 0.520. The Bertz CT molecular complexity index is 909. The lowest BCUT2D eigenvalue weighted by atomic mass is 10.00. The number of thiazole rings is 1. The largest absolute Gasteiger partial charge is 0.348 e. The van der Waals surface area contributed by atoms with Gasteiger partial charge in [-0.1, -0.05) is 25.1 Å². The van der Waals surface area contributed by atoms with Gasteiger partial charge in [0, 0.05) is 47.7 Å². The quantitative estimate of drug-likeness (QED) is 0.671. The summed E-state index contributed by atoms with van der Waals surface area (Å²) >= 11 is 1.74. The molecule has 0 spiro atoms. The number of hydrogen-bond donors (Lipinski definition) is 0. The number of nitrogens with zero attached hydrogens (tertiary/aromatic N) is 4. The molecule has 128 valence electrons. The molecule has 0 saturated carbocycles. The van der Waals surface area contributed by atoms with Gasteiger partial charge in [0.2, 0.25) is 0 Å². The number of para-hydroxylation sites is 1. The van der Waals surface area contributed by atoms with Crippen LogP contribution in [0.5, 0.6) is 0 Å². The third-order valence-corrected chi connectivity index (χ3v) is 5.98. The van der Waals surface area contributed by atoms with E-state index in [1.54, 1.807) is 11.3 Å². The molecule has 1 fully saturated rings. The second-order valence-electron chi connectivity index (χ2n) is 6.85. The van der Waals surface area contributed by atoms with Crippen LogP contribution in [0.1, 0.15) is 26.2 Å². The fourth-order valence-electron chi connectivity index (χ4n) is 3.54. The van der Waals surface area contributed by atoms with E-state index in [0.717, 1.165) is 36.4 Å². The van der Waals surface area contributed by atoms with Crippen LogP contribution in [0.2, 0.25) is 0 Å². The van der Waals surface area contributed by atoms with E-state index in [1.807, 2.05) is 0 Å². The molecule has 25 heavy (non-hydrogen) atoms. The Kier molecular flexibility index (Phi) is 4.46. The molecule has 1 saturated heterocycles. The molecule has 0 N–H and O–H groups in total. The Hall–Kier alpha value is -2.32. The summed E-state index contributed by atoms with van der Waals surface area (Å²) in [7, 11) is 0. The smallest absolute Gasteiger partial charge is 0.185 e. The molecular formula is C20H22N4S. The van der Waals surface area contributed by atoms with Gasteiger partial charge in [0.15, 0.2) is 5.13 Å². The van der Waals surface area contributed by atoms with Crippen LogP contribution in [-0.2, 0) is 6.54 Å². The maximum absolute atomic E-state index is 8.91. The summed E-state index contributed by atoms with van der Waals surface area (Å²) in [5, 5.41) is 13.4. The van der Waals surface area contributed by atoms with E-state index < -0.39 is 0 Å². The number of aryl methyl sites for hydroxylation is 1. The Labute approximate surface area is 152 Å². The fraction of sp³-hybridized carbons (Fsp3) is 0.400. The van der Waals surface area contributed by atoms with Gasteiger partial charge in [0.05, 0.1) is 18.2 Å². The molecule has 3 aromatic rings. The molecule has 0 amide bonds. The van der Waals surface area contributed by atoms with Crippen molar-refractivity contribution in [1.29, 1.82) is 5.26 Å². The van der Waals surface area contributed by atoms with Crippen LogP contribution < -0.4 is 4.90 Å². The van der Waals surface area contributed by atoms with Crippen LogP contribution in [0.3, 0.4) is 0 Å². The third kappa shape index (κ3) is 3.14. The van der Waals surface area contributed by atoms with Crippen LogP contribution in [0.25, 0.3) is 22.2 Å². The van der Waals surface area contributed by atoms with Crippen molar-refractivity contribution in [1.82, 2.24) is 9.55 Å². The highest BCUT2D eigenvalue weighted by atomic mass is 32.1. The second kappa shape index (κ2) is 6.89. The van der Waals surface area contributed by atoms with Gasteiger partial charge < -0.3 is 9.47 Å². The molecular weight excluding hydrogens is 328 g/mol. The van der Waals surface area contributed by atoms with Gasteiger partial charge in [-0.05, 0) is 24.8 Å². The molecule has 1 aliphatic rings. The molecule has 0 unspecified atom stereocenters. The van der Waals surface area contributed by atoms with Crippen LogP contribution in [0, 0.1) is 17.2 Å². The Morgan fingerprint density at radius 1 is 1.28 bits per heavy atom. The Balaban J connectivity index is 1.67. The summed E-state index contributed by atoms with van der Waals surface area (Å²) in [6.45, 7) is 5.27. The average molecular weight is 350 g/mol. The summed E-state index contributed by atoms with van der Waals surface area (Å²) in [5.41, 5.74) is 3.39. The predicted octanol–water partition coefficient (Wildman–Crippen LogP) is 4.91. The molecule has 0 radical (unpaired) electrons. The minimum Gasteiger partial charge on any atom is -0.348 e. The third-order valence-electron chi connectivity index (χ3n) is 5.08. The number of piperidine rings is 1. The van der Waals surface area contributed by atoms with Gasteiger partial charge in [-0.3, -0.25) is 0 Å². The summed E-state index contributed by atoms with van der Waals surface area (Å²) < 4.78 is 2.18. The van der Waals surface area contributed by atoms with Crippen LogP contribution in [0.4, 0.5) is 5.13 Å². The first-order valence-corrected chi connectivity index (χ1v) is 9.80. The number of fused-ring (bicyclic) bond motifs is 1. The van der Waals surface area contributed by atoms with Crippen molar-refractivity contribution >= 4 is 27.4 Å². The molecule has 2 aromatic heterocycles. The van der Waals surface area contributed by atoms with E-state index in [-0.39, 0.29) is 0 Å².